The van der Waals surface area contributed by atoms with Gasteiger partial charge in [-0.3, -0.25) is 14.8 Å². The van der Waals surface area contributed by atoms with Crippen molar-refractivity contribution in [2.24, 2.45) is 7.05 Å². The number of amides is 1. The Balaban J connectivity index is 1.85. The van der Waals surface area contributed by atoms with E-state index in [0.717, 1.165) is 16.8 Å². The molecule has 1 N–H and O–H groups in total. The van der Waals surface area contributed by atoms with Gasteiger partial charge in [0.1, 0.15) is 5.69 Å². The number of carbonyl (C=O) groups excluding carboxylic acids is 1. The van der Waals surface area contributed by atoms with E-state index in [-0.39, 0.29) is 5.91 Å². The van der Waals surface area contributed by atoms with E-state index in [1.54, 1.807) is 17.8 Å². The molecule has 0 bridgehead atoms. The van der Waals surface area contributed by atoms with E-state index in [4.69, 9.17) is 4.52 Å². The average Bonchev–Trinajstić information content (AvgIpc) is 3.04. The second-order valence-electron chi connectivity index (χ2n) is 5.10. The molecule has 6 nitrogen and oxygen atoms in total. The second-order valence-corrected chi connectivity index (χ2v) is 5.10. The molecule has 0 aliphatic carbocycles. The van der Waals surface area contributed by atoms with Gasteiger partial charge in [0, 0.05) is 23.9 Å². The summed E-state index contributed by atoms with van der Waals surface area (Å²) in [4.78, 5) is 12.2. The molecule has 22 heavy (non-hydrogen) atoms. The molecule has 0 spiro atoms. The van der Waals surface area contributed by atoms with Crippen LogP contribution in [0.4, 0.5) is 5.88 Å². The van der Waals surface area contributed by atoms with Crippen LogP contribution in [0.2, 0.25) is 0 Å². The highest BCUT2D eigenvalue weighted by molar-refractivity contribution is 6.02. The van der Waals surface area contributed by atoms with Gasteiger partial charge >= 0.3 is 0 Å². The van der Waals surface area contributed by atoms with Gasteiger partial charge in [-0.2, -0.15) is 5.10 Å². The largest absolute Gasteiger partial charge is 0.338 e. The van der Waals surface area contributed by atoms with Gasteiger partial charge in [0.05, 0.1) is 0 Å². The number of hydrogen-bond acceptors (Lipinski definition) is 4. The van der Waals surface area contributed by atoms with E-state index < -0.39 is 0 Å². The van der Waals surface area contributed by atoms with Gasteiger partial charge in [-0.05, 0) is 19.9 Å². The maximum atomic E-state index is 12.2. The monoisotopic (exact) mass is 296 g/mol. The van der Waals surface area contributed by atoms with Crippen LogP contribution in [0.25, 0.3) is 11.3 Å². The number of benzene rings is 1. The van der Waals surface area contributed by atoms with Gasteiger partial charge in [0.25, 0.3) is 5.91 Å². The van der Waals surface area contributed by atoms with Crippen molar-refractivity contribution in [2.75, 3.05) is 5.32 Å². The maximum absolute atomic E-state index is 12.2. The first kappa shape index (κ1) is 14.1. The summed E-state index contributed by atoms with van der Waals surface area (Å²) in [5.74, 6) is 0.0229. The summed E-state index contributed by atoms with van der Waals surface area (Å²) in [6.45, 7) is 3.75. The highest BCUT2D eigenvalue weighted by atomic mass is 16.5. The van der Waals surface area contributed by atoms with Crippen LogP contribution in [0.3, 0.4) is 0 Å². The second kappa shape index (κ2) is 5.48. The van der Waals surface area contributed by atoms with E-state index in [2.05, 4.69) is 15.6 Å². The van der Waals surface area contributed by atoms with Crippen LogP contribution >= 0.6 is 0 Å². The topological polar surface area (TPSA) is 73.0 Å². The number of hydrogen-bond donors (Lipinski definition) is 1. The van der Waals surface area contributed by atoms with Gasteiger partial charge in [-0.1, -0.05) is 35.5 Å². The molecule has 1 aromatic carbocycles. The predicted octanol–water partition coefficient (Wildman–Crippen LogP) is 2.94. The number of carbonyl (C=O) groups is 1. The lowest BCUT2D eigenvalue weighted by atomic mass is 10.1. The van der Waals surface area contributed by atoms with Crippen molar-refractivity contribution in [3.8, 4) is 11.3 Å². The Morgan fingerprint density at radius 1 is 1.23 bits per heavy atom. The Labute approximate surface area is 127 Å². The van der Waals surface area contributed by atoms with Gasteiger partial charge in [-0.25, -0.2) is 0 Å². The molecule has 2 aromatic heterocycles. The van der Waals surface area contributed by atoms with E-state index in [1.165, 1.54) is 0 Å². The van der Waals surface area contributed by atoms with Gasteiger partial charge in [0.2, 0.25) is 5.88 Å². The van der Waals surface area contributed by atoms with Crippen molar-refractivity contribution in [2.45, 2.75) is 13.8 Å². The smallest absolute Gasteiger partial charge is 0.278 e. The summed E-state index contributed by atoms with van der Waals surface area (Å²) >= 11 is 0. The minimum Gasteiger partial charge on any atom is -0.338 e. The van der Waals surface area contributed by atoms with Crippen LogP contribution in [-0.4, -0.2) is 20.8 Å². The molecular weight excluding hydrogens is 280 g/mol. The summed E-state index contributed by atoms with van der Waals surface area (Å²) in [7, 11) is 1.79. The molecule has 0 saturated carbocycles. The minimum atomic E-state index is -0.317. The average molecular weight is 296 g/mol. The Bertz CT molecular complexity index is 799. The van der Waals surface area contributed by atoms with E-state index in [0.29, 0.717) is 17.3 Å². The number of nitrogens with one attached hydrogen (secondary N) is 1. The van der Waals surface area contributed by atoms with Crippen molar-refractivity contribution < 1.29 is 9.32 Å². The van der Waals surface area contributed by atoms with Crippen LogP contribution < -0.4 is 5.32 Å². The van der Waals surface area contributed by atoms with E-state index in [1.807, 2.05) is 44.2 Å². The molecule has 0 aliphatic heterocycles. The number of anilines is 1. The summed E-state index contributed by atoms with van der Waals surface area (Å²) in [5, 5.41) is 10.9. The third-order valence-electron chi connectivity index (χ3n) is 3.54. The zero-order chi connectivity index (χ0) is 15.7. The zero-order valence-electron chi connectivity index (χ0n) is 12.6. The lowest BCUT2D eigenvalue weighted by Gasteiger charge is -2.00. The molecule has 0 unspecified atom stereocenters. The molecule has 0 radical (unpaired) electrons. The number of nitrogens with zero attached hydrogens (tertiary/aromatic N) is 3. The zero-order valence-corrected chi connectivity index (χ0v) is 12.6. The molecule has 0 aliphatic rings. The minimum absolute atomic E-state index is 0.317. The Kier molecular flexibility index (Phi) is 3.50. The Morgan fingerprint density at radius 2 is 1.95 bits per heavy atom. The first-order chi connectivity index (χ1) is 10.6. The van der Waals surface area contributed by atoms with Crippen LogP contribution in [0.15, 0.2) is 40.9 Å². The Hall–Kier alpha value is -2.89. The first-order valence-electron chi connectivity index (χ1n) is 6.90. The molecule has 3 rings (SSSR count). The lowest BCUT2D eigenvalue weighted by Crippen LogP contribution is -2.13. The van der Waals surface area contributed by atoms with Crippen LogP contribution in [-0.2, 0) is 7.05 Å². The molecular formula is C16H16N4O2. The Morgan fingerprint density at radius 3 is 2.59 bits per heavy atom. The summed E-state index contributed by atoms with van der Waals surface area (Å²) in [5.41, 5.74) is 3.69. The van der Waals surface area contributed by atoms with Crippen molar-refractivity contribution in [1.29, 1.82) is 0 Å². The normalized spacial score (nSPS) is 10.7. The fourth-order valence-corrected chi connectivity index (χ4v) is 2.16. The molecule has 3 aromatic rings. The molecule has 112 valence electrons. The fourth-order valence-electron chi connectivity index (χ4n) is 2.16. The molecule has 1 amide bonds. The van der Waals surface area contributed by atoms with E-state index >= 15 is 0 Å². The van der Waals surface area contributed by atoms with Crippen molar-refractivity contribution >= 4 is 11.8 Å². The standard InChI is InChI=1S/C16H16N4O2/c1-10-9-13(18-20(10)3)15(21)17-16-11(2)14(19-22-16)12-7-5-4-6-8-12/h4-9H,1-3H3,(H,17,21). The van der Waals surface area contributed by atoms with Gasteiger partial charge in [0.15, 0.2) is 5.69 Å². The summed E-state index contributed by atoms with van der Waals surface area (Å²) < 4.78 is 6.91. The number of aromatic nitrogens is 3. The van der Waals surface area contributed by atoms with Crippen molar-refractivity contribution in [1.82, 2.24) is 14.9 Å². The van der Waals surface area contributed by atoms with Crippen LogP contribution in [0.5, 0.6) is 0 Å². The number of rotatable bonds is 3. The van der Waals surface area contributed by atoms with Crippen LogP contribution in [0, 0.1) is 13.8 Å². The van der Waals surface area contributed by atoms with Gasteiger partial charge in [-0.15, -0.1) is 0 Å². The highest BCUT2D eigenvalue weighted by Gasteiger charge is 2.18. The third kappa shape index (κ3) is 2.50. The summed E-state index contributed by atoms with van der Waals surface area (Å²) in [6.07, 6.45) is 0. The molecule has 0 fully saturated rings. The predicted molar refractivity (Wildman–Crippen MR) is 82.6 cm³/mol. The highest BCUT2D eigenvalue weighted by Crippen LogP contribution is 2.27. The molecule has 6 heteroatoms. The first-order valence-corrected chi connectivity index (χ1v) is 6.90. The molecule has 2 heterocycles. The maximum Gasteiger partial charge on any atom is 0.278 e. The van der Waals surface area contributed by atoms with E-state index in [9.17, 15) is 4.79 Å². The SMILES string of the molecule is Cc1c(-c2ccccc2)noc1NC(=O)c1cc(C)n(C)n1. The van der Waals surface area contributed by atoms with Gasteiger partial charge < -0.3 is 4.52 Å². The van der Waals surface area contributed by atoms with Crippen LogP contribution in [0.1, 0.15) is 21.7 Å². The quantitative estimate of drug-likeness (QED) is 0.806. The number of aryl methyl sites for hydroxylation is 2. The fraction of sp³-hybridized carbons (Fsp3) is 0.188. The lowest BCUT2D eigenvalue weighted by molar-refractivity contribution is 0.101. The summed E-state index contributed by atoms with van der Waals surface area (Å²) in [6, 6.07) is 11.4. The molecule has 0 atom stereocenters. The molecule has 0 saturated heterocycles. The van der Waals surface area contributed by atoms with Crippen molar-refractivity contribution in [3.63, 3.8) is 0 Å². The van der Waals surface area contributed by atoms with Crippen molar-refractivity contribution in [3.05, 3.63) is 53.3 Å². The third-order valence-corrected chi connectivity index (χ3v) is 3.54.